The minimum absolute atomic E-state index is 0.0694. The summed E-state index contributed by atoms with van der Waals surface area (Å²) >= 11 is 10.0. The highest BCUT2D eigenvalue weighted by Gasteiger charge is 2.34. The van der Waals surface area contributed by atoms with Gasteiger partial charge in [-0.2, -0.15) is 13.2 Å². The van der Waals surface area contributed by atoms with Crippen LogP contribution in [0.3, 0.4) is 0 Å². The van der Waals surface area contributed by atoms with Crippen molar-refractivity contribution >= 4 is 50.9 Å². The fourth-order valence-corrected chi connectivity index (χ4v) is 3.50. The van der Waals surface area contributed by atoms with E-state index in [0.717, 1.165) is 33.9 Å². The van der Waals surface area contributed by atoms with Gasteiger partial charge in [-0.05, 0) is 24.3 Å². The largest absolute Gasteiger partial charge is 0.418 e. The fraction of sp³-hybridized carbons (Fsp3) is 0.118. The molecule has 28 heavy (non-hydrogen) atoms. The predicted octanol–water partition coefficient (Wildman–Crippen LogP) is 5.64. The molecule has 1 heterocycles. The Morgan fingerprint density at radius 1 is 1.25 bits per heavy atom. The third-order valence-corrected chi connectivity index (χ3v) is 5.26. The van der Waals surface area contributed by atoms with Crippen LogP contribution in [0.2, 0.25) is 5.02 Å². The Morgan fingerprint density at radius 3 is 2.71 bits per heavy atom. The van der Waals surface area contributed by atoms with Crippen LogP contribution in [0.1, 0.15) is 5.56 Å². The first kappa shape index (κ1) is 20.7. The van der Waals surface area contributed by atoms with Crippen molar-refractivity contribution in [2.45, 2.75) is 11.3 Å². The summed E-state index contributed by atoms with van der Waals surface area (Å²) < 4.78 is 40.1. The number of carbonyl (C=O) groups is 1. The summed E-state index contributed by atoms with van der Waals surface area (Å²) in [5.74, 6) is -0.273. The van der Waals surface area contributed by atoms with Gasteiger partial charge in [-0.15, -0.1) is 5.10 Å². The molecule has 0 aliphatic rings. The van der Waals surface area contributed by atoms with Crippen molar-refractivity contribution in [3.05, 3.63) is 57.5 Å². The molecule has 0 radical (unpaired) electrons. The van der Waals surface area contributed by atoms with Crippen LogP contribution in [0, 0.1) is 0 Å². The maximum absolute atomic E-state index is 13.1. The number of rotatable bonds is 5. The number of thioether (sulfide) groups is 1. The number of anilines is 1. The molecule has 1 amide bonds. The smallest absolute Gasteiger partial charge is 0.325 e. The Balaban J connectivity index is 1.65. The zero-order valence-electron chi connectivity index (χ0n) is 13.8. The van der Waals surface area contributed by atoms with Crippen molar-refractivity contribution in [3.8, 4) is 11.4 Å². The summed E-state index contributed by atoms with van der Waals surface area (Å²) in [6.45, 7) is 0. The maximum Gasteiger partial charge on any atom is 0.418 e. The Kier molecular flexibility index (Phi) is 6.31. The summed E-state index contributed by atoms with van der Waals surface area (Å²) in [6, 6.07) is 10.5. The van der Waals surface area contributed by atoms with Gasteiger partial charge in [0, 0.05) is 15.1 Å². The lowest BCUT2D eigenvalue weighted by atomic mass is 10.1. The second-order valence-electron chi connectivity index (χ2n) is 5.47. The third-order valence-electron chi connectivity index (χ3n) is 3.49. The SMILES string of the molecule is O=C(CSc1n[nH]c(-c2ccccc2Br)n1)Nc1ccc(Cl)cc1C(F)(F)F. The number of hydrogen-bond donors (Lipinski definition) is 2. The average molecular weight is 492 g/mol. The van der Waals surface area contributed by atoms with Crippen molar-refractivity contribution < 1.29 is 18.0 Å². The molecule has 0 unspecified atom stereocenters. The van der Waals surface area contributed by atoms with Crippen molar-refractivity contribution in [2.24, 2.45) is 0 Å². The molecular formula is C17H11BrClF3N4OS. The highest BCUT2D eigenvalue weighted by atomic mass is 79.9. The lowest BCUT2D eigenvalue weighted by Crippen LogP contribution is -2.18. The molecule has 0 atom stereocenters. The summed E-state index contributed by atoms with van der Waals surface area (Å²) in [7, 11) is 0. The molecule has 11 heteroatoms. The first-order chi connectivity index (χ1) is 13.2. The molecule has 146 valence electrons. The van der Waals surface area contributed by atoms with E-state index >= 15 is 0 Å². The van der Waals surface area contributed by atoms with Gasteiger partial charge < -0.3 is 5.32 Å². The first-order valence-corrected chi connectivity index (χ1v) is 9.86. The van der Waals surface area contributed by atoms with Crippen LogP contribution in [0.5, 0.6) is 0 Å². The van der Waals surface area contributed by atoms with Crippen molar-refractivity contribution in [2.75, 3.05) is 11.1 Å². The zero-order chi connectivity index (χ0) is 20.3. The van der Waals surface area contributed by atoms with E-state index in [2.05, 4.69) is 36.4 Å². The van der Waals surface area contributed by atoms with Crippen molar-refractivity contribution in [1.29, 1.82) is 0 Å². The second-order valence-corrected chi connectivity index (χ2v) is 7.70. The molecule has 0 aliphatic heterocycles. The lowest BCUT2D eigenvalue weighted by molar-refractivity contribution is -0.137. The average Bonchev–Trinajstić information content (AvgIpc) is 3.10. The van der Waals surface area contributed by atoms with E-state index in [4.69, 9.17) is 11.6 Å². The van der Waals surface area contributed by atoms with Crippen LogP contribution >= 0.6 is 39.3 Å². The fourth-order valence-electron chi connectivity index (χ4n) is 2.26. The van der Waals surface area contributed by atoms with Gasteiger partial charge in [0.1, 0.15) is 0 Å². The molecule has 2 aromatic carbocycles. The number of carbonyl (C=O) groups excluding carboxylic acids is 1. The summed E-state index contributed by atoms with van der Waals surface area (Å²) in [6.07, 6.45) is -4.64. The zero-order valence-corrected chi connectivity index (χ0v) is 17.0. The quantitative estimate of drug-likeness (QED) is 0.453. The number of alkyl halides is 3. The number of amides is 1. The lowest BCUT2D eigenvalue weighted by Gasteiger charge is -2.13. The van der Waals surface area contributed by atoms with E-state index in [1.165, 1.54) is 6.07 Å². The number of aromatic amines is 1. The first-order valence-electron chi connectivity index (χ1n) is 7.71. The van der Waals surface area contributed by atoms with Gasteiger partial charge in [-0.25, -0.2) is 4.98 Å². The molecular weight excluding hydrogens is 481 g/mol. The molecule has 0 spiro atoms. The summed E-state index contributed by atoms with van der Waals surface area (Å²) in [4.78, 5) is 16.4. The number of nitrogens with zero attached hydrogens (tertiary/aromatic N) is 2. The number of nitrogens with one attached hydrogen (secondary N) is 2. The Hall–Kier alpha value is -2.04. The van der Waals surface area contributed by atoms with E-state index in [-0.39, 0.29) is 16.5 Å². The van der Waals surface area contributed by atoms with Gasteiger partial charge in [0.15, 0.2) is 5.82 Å². The number of halogens is 5. The van der Waals surface area contributed by atoms with Gasteiger partial charge >= 0.3 is 6.18 Å². The van der Waals surface area contributed by atoms with E-state index in [1.807, 2.05) is 24.3 Å². The maximum atomic E-state index is 13.1. The van der Waals surface area contributed by atoms with Crippen LogP contribution in [0.4, 0.5) is 18.9 Å². The number of aromatic nitrogens is 3. The molecule has 1 aromatic heterocycles. The third kappa shape index (κ3) is 5.06. The molecule has 0 saturated carbocycles. The topological polar surface area (TPSA) is 70.7 Å². The molecule has 0 saturated heterocycles. The molecule has 2 N–H and O–H groups in total. The second kappa shape index (κ2) is 8.54. The van der Waals surface area contributed by atoms with Gasteiger partial charge in [0.2, 0.25) is 11.1 Å². The monoisotopic (exact) mass is 490 g/mol. The van der Waals surface area contributed by atoms with Crippen LogP contribution in [0.25, 0.3) is 11.4 Å². The van der Waals surface area contributed by atoms with Gasteiger partial charge in [0.05, 0.1) is 17.0 Å². The van der Waals surface area contributed by atoms with E-state index in [1.54, 1.807) is 0 Å². The van der Waals surface area contributed by atoms with Gasteiger partial charge in [-0.3, -0.25) is 9.89 Å². The predicted molar refractivity (Wildman–Crippen MR) is 105 cm³/mol. The minimum atomic E-state index is -4.64. The van der Waals surface area contributed by atoms with E-state index in [9.17, 15) is 18.0 Å². The standard InChI is InChI=1S/C17H11BrClF3N4OS/c18-12-4-2-1-3-10(12)15-24-16(26-25-15)28-8-14(27)23-13-6-5-9(19)7-11(13)17(20,21)22/h1-7H,8H2,(H,23,27)(H,24,25,26). The summed E-state index contributed by atoms with van der Waals surface area (Å²) in [5.41, 5.74) is -0.568. The molecule has 5 nitrogen and oxygen atoms in total. The minimum Gasteiger partial charge on any atom is -0.325 e. The van der Waals surface area contributed by atoms with Crippen molar-refractivity contribution in [1.82, 2.24) is 15.2 Å². The van der Waals surface area contributed by atoms with Crippen LogP contribution in [0.15, 0.2) is 52.1 Å². The molecule has 3 aromatic rings. The molecule has 0 bridgehead atoms. The molecule has 0 fully saturated rings. The van der Waals surface area contributed by atoms with E-state index in [0.29, 0.717) is 11.0 Å². The van der Waals surface area contributed by atoms with E-state index < -0.39 is 17.6 Å². The molecule has 3 rings (SSSR count). The van der Waals surface area contributed by atoms with Crippen LogP contribution in [-0.4, -0.2) is 26.8 Å². The van der Waals surface area contributed by atoms with Crippen LogP contribution < -0.4 is 5.32 Å². The normalized spacial score (nSPS) is 11.5. The summed E-state index contributed by atoms with van der Waals surface area (Å²) in [5, 5.41) is 9.25. The Labute approximate surface area is 175 Å². The molecule has 0 aliphatic carbocycles. The Bertz CT molecular complexity index is 1010. The highest BCUT2D eigenvalue weighted by Crippen LogP contribution is 2.36. The number of H-pyrrole nitrogens is 1. The van der Waals surface area contributed by atoms with Gasteiger partial charge in [-0.1, -0.05) is 57.5 Å². The number of benzene rings is 2. The Morgan fingerprint density at radius 2 is 2.00 bits per heavy atom. The van der Waals surface area contributed by atoms with Crippen LogP contribution in [-0.2, 0) is 11.0 Å². The number of hydrogen-bond acceptors (Lipinski definition) is 4. The van der Waals surface area contributed by atoms with Crippen molar-refractivity contribution in [3.63, 3.8) is 0 Å². The van der Waals surface area contributed by atoms with Gasteiger partial charge in [0.25, 0.3) is 0 Å². The highest BCUT2D eigenvalue weighted by molar-refractivity contribution is 9.10.